The molecule has 1 aliphatic carbocycles. The third-order valence-corrected chi connectivity index (χ3v) is 4.76. The third-order valence-electron chi connectivity index (χ3n) is 3.96. The molecule has 3 rings (SSSR count). The van der Waals surface area contributed by atoms with Crippen LogP contribution in [0.4, 0.5) is 15.2 Å². The lowest BCUT2D eigenvalue weighted by molar-refractivity contribution is -0.119. The van der Waals surface area contributed by atoms with Crippen LogP contribution < -0.4 is 10.6 Å². The van der Waals surface area contributed by atoms with Crippen molar-refractivity contribution in [3.8, 4) is 0 Å². The van der Waals surface area contributed by atoms with Crippen LogP contribution in [0.2, 0.25) is 0 Å². The van der Waals surface area contributed by atoms with Crippen LogP contribution >= 0.6 is 11.3 Å². The zero-order valence-electron chi connectivity index (χ0n) is 13.0. The summed E-state index contributed by atoms with van der Waals surface area (Å²) in [4.78, 5) is 28.3. The monoisotopic (exact) mass is 347 g/mol. The second kappa shape index (κ2) is 7.53. The van der Waals surface area contributed by atoms with Gasteiger partial charge in [-0.05, 0) is 31.0 Å². The first-order valence-electron chi connectivity index (χ1n) is 7.91. The quantitative estimate of drug-likeness (QED) is 0.868. The van der Waals surface area contributed by atoms with E-state index in [4.69, 9.17) is 0 Å². The van der Waals surface area contributed by atoms with Crippen molar-refractivity contribution < 1.29 is 14.0 Å². The number of aromatic nitrogens is 1. The van der Waals surface area contributed by atoms with E-state index in [0.717, 1.165) is 25.7 Å². The maximum atomic E-state index is 13.1. The van der Waals surface area contributed by atoms with Crippen molar-refractivity contribution in [1.29, 1.82) is 0 Å². The maximum Gasteiger partial charge on any atom is 0.230 e. The van der Waals surface area contributed by atoms with Gasteiger partial charge < -0.3 is 10.6 Å². The van der Waals surface area contributed by atoms with Gasteiger partial charge in [0.05, 0.1) is 12.1 Å². The normalized spacial score (nSPS) is 14.5. The van der Waals surface area contributed by atoms with E-state index < -0.39 is 5.82 Å². The lowest BCUT2D eigenvalue weighted by Crippen LogP contribution is -2.20. The Kier molecular flexibility index (Phi) is 5.20. The molecule has 24 heavy (non-hydrogen) atoms. The van der Waals surface area contributed by atoms with Crippen molar-refractivity contribution in [2.75, 3.05) is 10.6 Å². The summed E-state index contributed by atoms with van der Waals surface area (Å²) in [5.41, 5.74) is 0.987. The summed E-state index contributed by atoms with van der Waals surface area (Å²) in [5.74, 6) is -0.593. The zero-order valence-corrected chi connectivity index (χ0v) is 13.9. The molecule has 2 N–H and O–H groups in total. The van der Waals surface area contributed by atoms with Gasteiger partial charge in [0.1, 0.15) is 5.82 Å². The van der Waals surface area contributed by atoms with E-state index in [-0.39, 0.29) is 24.2 Å². The van der Waals surface area contributed by atoms with Crippen molar-refractivity contribution in [2.24, 2.45) is 5.92 Å². The SMILES string of the molecule is O=C(Cc1csc(NC(=O)C2CCCC2)n1)Nc1cccc(F)c1. The summed E-state index contributed by atoms with van der Waals surface area (Å²) in [6, 6.07) is 5.72. The molecule has 0 radical (unpaired) electrons. The number of thiazole rings is 1. The van der Waals surface area contributed by atoms with Crippen molar-refractivity contribution in [2.45, 2.75) is 32.1 Å². The fraction of sp³-hybridized carbons (Fsp3) is 0.353. The molecule has 1 aromatic carbocycles. The third kappa shape index (κ3) is 4.38. The molecule has 1 saturated carbocycles. The summed E-state index contributed by atoms with van der Waals surface area (Å²) < 4.78 is 13.1. The lowest BCUT2D eigenvalue weighted by atomic mass is 10.1. The molecule has 0 bridgehead atoms. The van der Waals surface area contributed by atoms with E-state index >= 15 is 0 Å². The van der Waals surface area contributed by atoms with Crippen LogP contribution in [0, 0.1) is 11.7 Å². The summed E-state index contributed by atoms with van der Waals surface area (Å²) in [6.45, 7) is 0. The van der Waals surface area contributed by atoms with E-state index in [1.807, 2.05) is 0 Å². The first-order chi connectivity index (χ1) is 11.6. The summed E-state index contributed by atoms with van der Waals surface area (Å²) in [7, 11) is 0. The summed E-state index contributed by atoms with van der Waals surface area (Å²) in [5, 5.41) is 7.71. The van der Waals surface area contributed by atoms with Gasteiger partial charge in [-0.3, -0.25) is 9.59 Å². The Morgan fingerprint density at radius 1 is 1.25 bits per heavy atom. The molecule has 1 heterocycles. The van der Waals surface area contributed by atoms with Gasteiger partial charge in [0.2, 0.25) is 11.8 Å². The molecule has 0 spiro atoms. The highest BCUT2D eigenvalue weighted by Gasteiger charge is 2.23. The van der Waals surface area contributed by atoms with Gasteiger partial charge in [-0.2, -0.15) is 0 Å². The Labute approximate surface area is 143 Å². The van der Waals surface area contributed by atoms with Crippen molar-refractivity contribution in [3.05, 3.63) is 41.2 Å². The van der Waals surface area contributed by atoms with Gasteiger partial charge in [-0.25, -0.2) is 9.37 Å². The van der Waals surface area contributed by atoms with Gasteiger partial charge in [0.25, 0.3) is 0 Å². The van der Waals surface area contributed by atoms with Crippen LogP contribution in [0.3, 0.4) is 0 Å². The molecule has 0 atom stereocenters. The second-order valence-corrected chi connectivity index (χ2v) is 6.71. The highest BCUT2D eigenvalue weighted by atomic mass is 32.1. The van der Waals surface area contributed by atoms with E-state index in [1.165, 1.54) is 29.5 Å². The lowest BCUT2D eigenvalue weighted by Gasteiger charge is -2.07. The molecule has 1 aliphatic rings. The van der Waals surface area contributed by atoms with Crippen molar-refractivity contribution in [3.63, 3.8) is 0 Å². The van der Waals surface area contributed by atoms with E-state index in [1.54, 1.807) is 11.4 Å². The molecule has 126 valence electrons. The number of nitrogens with one attached hydrogen (secondary N) is 2. The topological polar surface area (TPSA) is 71.1 Å². The van der Waals surface area contributed by atoms with Crippen LogP contribution in [0.5, 0.6) is 0 Å². The largest absolute Gasteiger partial charge is 0.326 e. The number of amides is 2. The Hall–Kier alpha value is -2.28. The van der Waals surface area contributed by atoms with Crippen LogP contribution in [-0.2, 0) is 16.0 Å². The number of carbonyl (C=O) groups is 2. The number of carbonyl (C=O) groups excluding carboxylic acids is 2. The number of nitrogens with zero attached hydrogens (tertiary/aromatic N) is 1. The molecule has 1 aromatic heterocycles. The molecular weight excluding hydrogens is 329 g/mol. The Balaban J connectivity index is 1.53. The molecule has 0 unspecified atom stereocenters. The van der Waals surface area contributed by atoms with Crippen molar-refractivity contribution >= 4 is 34.0 Å². The highest BCUT2D eigenvalue weighted by Crippen LogP contribution is 2.26. The minimum Gasteiger partial charge on any atom is -0.326 e. The minimum atomic E-state index is -0.404. The molecule has 7 heteroatoms. The number of halogens is 1. The summed E-state index contributed by atoms with van der Waals surface area (Å²) >= 11 is 1.30. The van der Waals surface area contributed by atoms with Gasteiger partial charge in [-0.1, -0.05) is 18.9 Å². The molecule has 0 aliphatic heterocycles. The molecule has 2 aromatic rings. The molecule has 0 saturated heterocycles. The molecule has 1 fully saturated rings. The maximum absolute atomic E-state index is 13.1. The molecule has 5 nitrogen and oxygen atoms in total. The van der Waals surface area contributed by atoms with E-state index in [2.05, 4.69) is 15.6 Å². The Bertz CT molecular complexity index is 741. The average Bonchev–Trinajstić information content (AvgIpc) is 3.19. The average molecular weight is 347 g/mol. The number of anilines is 2. The highest BCUT2D eigenvalue weighted by molar-refractivity contribution is 7.13. The summed E-state index contributed by atoms with van der Waals surface area (Å²) in [6.07, 6.45) is 4.13. The van der Waals surface area contributed by atoms with E-state index in [0.29, 0.717) is 16.5 Å². The van der Waals surface area contributed by atoms with Crippen LogP contribution in [0.1, 0.15) is 31.4 Å². The number of benzene rings is 1. The predicted molar refractivity (Wildman–Crippen MR) is 91.4 cm³/mol. The number of rotatable bonds is 5. The van der Waals surface area contributed by atoms with Gasteiger partial charge in [-0.15, -0.1) is 11.3 Å². The zero-order chi connectivity index (χ0) is 16.9. The minimum absolute atomic E-state index is 0.0117. The fourth-order valence-corrected chi connectivity index (χ4v) is 3.49. The van der Waals surface area contributed by atoms with Gasteiger partial charge in [0.15, 0.2) is 5.13 Å². The fourth-order valence-electron chi connectivity index (χ4n) is 2.78. The molecule has 2 amide bonds. The van der Waals surface area contributed by atoms with Crippen molar-refractivity contribution in [1.82, 2.24) is 4.98 Å². The first kappa shape index (κ1) is 16.6. The molecular formula is C17H18FN3O2S. The smallest absolute Gasteiger partial charge is 0.230 e. The Morgan fingerprint density at radius 2 is 2.04 bits per heavy atom. The predicted octanol–water partition coefficient (Wildman–Crippen LogP) is 3.59. The number of hydrogen-bond acceptors (Lipinski definition) is 4. The van der Waals surface area contributed by atoms with Gasteiger partial charge >= 0.3 is 0 Å². The first-order valence-corrected chi connectivity index (χ1v) is 8.79. The van der Waals surface area contributed by atoms with E-state index in [9.17, 15) is 14.0 Å². The van der Waals surface area contributed by atoms with Gasteiger partial charge in [0, 0.05) is 17.0 Å². The second-order valence-electron chi connectivity index (χ2n) is 5.85. The van der Waals surface area contributed by atoms with Crippen LogP contribution in [0.15, 0.2) is 29.6 Å². The Morgan fingerprint density at radius 3 is 2.79 bits per heavy atom. The number of hydrogen-bond donors (Lipinski definition) is 2. The standard InChI is InChI=1S/C17H18FN3O2S/c18-12-6-3-7-13(8-12)19-15(22)9-14-10-24-17(20-14)21-16(23)11-4-1-2-5-11/h3,6-8,10-11H,1-2,4-5,9H2,(H,19,22)(H,20,21,23). The van der Waals surface area contributed by atoms with Crippen LogP contribution in [0.25, 0.3) is 0 Å². The van der Waals surface area contributed by atoms with Crippen LogP contribution in [-0.4, -0.2) is 16.8 Å².